The van der Waals surface area contributed by atoms with Gasteiger partial charge in [-0.15, -0.1) is 0 Å². The minimum atomic E-state index is -0.216. The third kappa shape index (κ3) is 6.80. The van der Waals surface area contributed by atoms with E-state index in [1.54, 1.807) is 0 Å². The zero-order valence-corrected chi connectivity index (χ0v) is 11.4. The van der Waals surface area contributed by atoms with Gasteiger partial charge in [0.1, 0.15) is 6.04 Å². The quantitative estimate of drug-likeness (QED) is 0.531. The normalized spacial score (nSPS) is 13.9. The molecule has 4 heteroatoms. The van der Waals surface area contributed by atoms with Crippen molar-refractivity contribution in [3.05, 3.63) is 0 Å². The zero-order valence-electron chi connectivity index (χ0n) is 11.4. The first-order valence-corrected chi connectivity index (χ1v) is 5.84. The number of carbonyl (C=O) groups excluding carboxylic acids is 1. The average Bonchev–Trinajstić information content (AvgIpc) is 2.14. The van der Waals surface area contributed by atoms with Crippen LogP contribution in [0.5, 0.6) is 0 Å². The number of ether oxygens (including phenoxy) is 1. The molecule has 0 aromatic heterocycles. The Balaban J connectivity index is 3.91. The van der Waals surface area contributed by atoms with Gasteiger partial charge in [0.15, 0.2) is 0 Å². The molecule has 1 atom stereocenters. The molecule has 4 nitrogen and oxygen atoms in total. The molecule has 16 heavy (non-hydrogen) atoms. The van der Waals surface area contributed by atoms with Crippen LogP contribution in [0.15, 0.2) is 0 Å². The number of hydrogen-bond donors (Lipinski definition) is 2. The highest BCUT2D eigenvalue weighted by Crippen LogP contribution is 2.03. The Labute approximate surface area is 99.1 Å². The standard InChI is InChI=1S/C12H26N2O2/c1-9(2)10(11(15)16-6)13-7-8-14-12(3,4)5/h9-10,13-14H,7-8H2,1-6H3/t10-/m0/s1. The summed E-state index contributed by atoms with van der Waals surface area (Å²) in [6.45, 7) is 12.0. The Hall–Kier alpha value is -0.610. The highest BCUT2D eigenvalue weighted by molar-refractivity contribution is 5.75. The van der Waals surface area contributed by atoms with Gasteiger partial charge in [0.2, 0.25) is 0 Å². The summed E-state index contributed by atoms with van der Waals surface area (Å²) in [6, 6.07) is -0.216. The van der Waals surface area contributed by atoms with Gasteiger partial charge < -0.3 is 15.4 Å². The summed E-state index contributed by atoms with van der Waals surface area (Å²) in [7, 11) is 1.42. The van der Waals surface area contributed by atoms with E-state index < -0.39 is 0 Å². The molecular weight excluding hydrogens is 204 g/mol. The van der Waals surface area contributed by atoms with E-state index in [9.17, 15) is 4.79 Å². The second-order valence-corrected chi connectivity index (χ2v) is 5.38. The number of nitrogens with one attached hydrogen (secondary N) is 2. The lowest BCUT2D eigenvalue weighted by molar-refractivity contribution is -0.144. The molecule has 0 saturated heterocycles. The molecule has 0 unspecified atom stereocenters. The fraction of sp³-hybridized carbons (Fsp3) is 0.917. The van der Waals surface area contributed by atoms with Crippen LogP contribution in [0.4, 0.5) is 0 Å². The number of rotatable bonds is 6. The maximum Gasteiger partial charge on any atom is 0.323 e. The summed E-state index contributed by atoms with van der Waals surface area (Å²) >= 11 is 0. The van der Waals surface area contributed by atoms with E-state index >= 15 is 0 Å². The summed E-state index contributed by atoms with van der Waals surface area (Å²) in [4.78, 5) is 11.4. The van der Waals surface area contributed by atoms with Crippen LogP contribution >= 0.6 is 0 Å². The summed E-state index contributed by atoms with van der Waals surface area (Å²) in [5.41, 5.74) is 0.111. The number of carbonyl (C=O) groups is 1. The first-order chi connectivity index (χ1) is 7.28. The van der Waals surface area contributed by atoms with Crippen molar-refractivity contribution in [2.75, 3.05) is 20.2 Å². The molecule has 0 bridgehead atoms. The van der Waals surface area contributed by atoms with E-state index in [1.807, 2.05) is 13.8 Å². The minimum absolute atomic E-state index is 0.111. The molecule has 0 fully saturated rings. The van der Waals surface area contributed by atoms with Gasteiger partial charge in [-0.3, -0.25) is 4.79 Å². The molecule has 0 spiro atoms. The van der Waals surface area contributed by atoms with Gasteiger partial charge in [-0.2, -0.15) is 0 Å². The summed E-state index contributed by atoms with van der Waals surface area (Å²) in [5.74, 6) is 0.0489. The number of methoxy groups -OCH3 is 1. The summed E-state index contributed by atoms with van der Waals surface area (Å²) in [5, 5.41) is 6.56. The highest BCUT2D eigenvalue weighted by atomic mass is 16.5. The number of esters is 1. The van der Waals surface area contributed by atoms with Gasteiger partial charge in [0.25, 0.3) is 0 Å². The molecule has 0 aliphatic heterocycles. The van der Waals surface area contributed by atoms with Gasteiger partial charge in [-0.1, -0.05) is 13.8 Å². The predicted octanol–water partition coefficient (Wildman–Crippen LogP) is 1.16. The van der Waals surface area contributed by atoms with Gasteiger partial charge in [-0.05, 0) is 26.7 Å². The van der Waals surface area contributed by atoms with E-state index in [1.165, 1.54) is 7.11 Å². The van der Waals surface area contributed by atoms with Crippen LogP contribution < -0.4 is 10.6 Å². The maximum atomic E-state index is 11.4. The Bertz CT molecular complexity index is 210. The Kier molecular flexibility index (Phi) is 6.60. The molecule has 2 N–H and O–H groups in total. The van der Waals surface area contributed by atoms with E-state index in [4.69, 9.17) is 4.74 Å². The fourth-order valence-corrected chi connectivity index (χ4v) is 1.38. The molecule has 0 amide bonds. The second kappa shape index (κ2) is 6.86. The Morgan fingerprint density at radius 3 is 2.19 bits per heavy atom. The molecule has 0 radical (unpaired) electrons. The summed E-state index contributed by atoms with van der Waals surface area (Å²) < 4.78 is 4.75. The van der Waals surface area contributed by atoms with Crippen molar-refractivity contribution in [1.29, 1.82) is 0 Å². The molecule has 0 heterocycles. The molecule has 0 rings (SSSR count). The molecule has 0 aromatic carbocycles. The van der Waals surface area contributed by atoms with Crippen molar-refractivity contribution in [2.45, 2.75) is 46.2 Å². The fourth-order valence-electron chi connectivity index (χ4n) is 1.38. The lowest BCUT2D eigenvalue weighted by Gasteiger charge is -2.23. The SMILES string of the molecule is COC(=O)[C@@H](NCCNC(C)(C)C)C(C)C. The molecule has 96 valence electrons. The van der Waals surface area contributed by atoms with Crippen LogP contribution in [0, 0.1) is 5.92 Å². The van der Waals surface area contributed by atoms with E-state index in [0.29, 0.717) is 0 Å². The molecule has 0 saturated carbocycles. The average molecular weight is 230 g/mol. The number of hydrogen-bond acceptors (Lipinski definition) is 4. The largest absolute Gasteiger partial charge is 0.468 e. The summed E-state index contributed by atoms with van der Waals surface area (Å²) in [6.07, 6.45) is 0. The third-order valence-electron chi connectivity index (χ3n) is 2.27. The van der Waals surface area contributed by atoms with Crippen LogP contribution in [-0.2, 0) is 9.53 Å². The van der Waals surface area contributed by atoms with Gasteiger partial charge in [0.05, 0.1) is 7.11 Å². The van der Waals surface area contributed by atoms with Crippen molar-refractivity contribution in [3.63, 3.8) is 0 Å². The van der Waals surface area contributed by atoms with Crippen molar-refractivity contribution in [2.24, 2.45) is 5.92 Å². The van der Waals surface area contributed by atoms with Gasteiger partial charge in [0, 0.05) is 18.6 Å². The highest BCUT2D eigenvalue weighted by Gasteiger charge is 2.21. The van der Waals surface area contributed by atoms with E-state index in [0.717, 1.165) is 13.1 Å². The van der Waals surface area contributed by atoms with Crippen LogP contribution in [0.1, 0.15) is 34.6 Å². The first kappa shape index (κ1) is 15.4. The maximum absolute atomic E-state index is 11.4. The van der Waals surface area contributed by atoms with Crippen LogP contribution in [-0.4, -0.2) is 37.7 Å². The topological polar surface area (TPSA) is 50.4 Å². The lowest BCUT2D eigenvalue weighted by atomic mass is 10.0. The predicted molar refractivity (Wildman–Crippen MR) is 66.4 cm³/mol. The first-order valence-electron chi connectivity index (χ1n) is 5.84. The zero-order chi connectivity index (χ0) is 12.8. The van der Waals surface area contributed by atoms with Crippen molar-refractivity contribution in [3.8, 4) is 0 Å². The molecular formula is C12H26N2O2. The molecule has 0 aliphatic rings. The molecule has 0 aromatic rings. The van der Waals surface area contributed by atoms with Crippen LogP contribution in [0.25, 0.3) is 0 Å². The van der Waals surface area contributed by atoms with Crippen molar-refractivity contribution in [1.82, 2.24) is 10.6 Å². The monoisotopic (exact) mass is 230 g/mol. The van der Waals surface area contributed by atoms with Crippen LogP contribution in [0.2, 0.25) is 0 Å². The van der Waals surface area contributed by atoms with Gasteiger partial charge in [-0.25, -0.2) is 0 Å². The smallest absolute Gasteiger partial charge is 0.323 e. The Morgan fingerprint density at radius 2 is 1.81 bits per heavy atom. The molecule has 0 aliphatic carbocycles. The van der Waals surface area contributed by atoms with Gasteiger partial charge >= 0.3 is 5.97 Å². The van der Waals surface area contributed by atoms with Crippen LogP contribution in [0.3, 0.4) is 0 Å². The second-order valence-electron chi connectivity index (χ2n) is 5.38. The minimum Gasteiger partial charge on any atom is -0.468 e. The van der Waals surface area contributed by atoms with E-state index in [-0.39, 0.29) is 23.5 Å². The van der Waals surface area contributed by atoms with Crippen molar-refractivity contribution < 1.29 is 9.53 Å². The lowest BCUT2D eigenvalue weighted by Crippen LogP contribution is -2.46. The third-order valence-corrected chi connectivity index (χ3v) is 2.27. The van der Waals surface area contributed by atoms with E-state index in [2.05, 4.69) is 31.4 Å². The Morgan fingerprint density at radius 1 is 1.25 bits per heavy atom. The van der Waals surface area contributed by atoms with Crippen molar-refractivity contribution >= 4 is 5.97 Å².